The van der Waals surface area contributed by atoms with Crippen molar-refractivity contribution in [2.24, 2.45) is 10.9 Å². The highest BCUT2D eigenvalue weighted by Crippen LogP contribution is 2.13. The maximum absolute atomic E-state index is 10.9. The fourth-order valence-corrected chi connectivity index (χ4v) is 1.71. The van der Waals surface area contributed by atoms with Gasteiger partial charge in [-0.15, -0.1) is 0 Å². The molecule has 4 N–H and O–H groups in total. The van der Waals surface area contributed by atoms with Crippen LogP contribution in [0.25, 0.3) is 0 Å². The summed E-state index contributed by atoms with van der Waals surface area (Å²) < 4.78 is 0. The molecule has 0 saturated carbocycles. The normalized spacial score (nSPS) is 13.3. The van der Waals surface area contributed by atoms with Gasteiger partial charge in [0.05, 0.1) is 5.71 Å². The van der Waals surface area contributed by atoms with Gasteiger partial charge in [0.15, 0.2) is 5.69 Å². The molecule has 5 nitrogen and oxygen atoms in total. The number of nitrogens with one attached hydrogen (secondary N) is 1. The average Bonchev–Trinajstić information content (AvgIpc) is 2.41. The molecule has 1 atom stereocenters. The number of quaternary nitrogens is 1. The quantitative estimate of drug-likeness (QED) is 0.423. The summed E-state index contributed by atoms with van der Waals surface area (Å²) in [5.74, 6) is 5.40. The van der Waals surface area contributed by atoms with Gasteiger partial charge in [0.25, 0.3) is 0 Å². The fourth-order valence-electron chi connectivity index (χ4n) is 1.71. The van der Waals surface area contributed by atoms with Crippen molar-refractivity contribution in [3.8, 4) is 0 Å². The lowest BCUT2D eigenvalue weighted by Crippen LogP contribution is -2.99. The minimum Gasteiger partial charge on any atom is -0.595 e. The van der Waals surface area contributed by atoms with Crippen LogP contribution in [0.1, 0.15) is 11.1 Å². The van der Waals surface area contributed by atoms with Crippen LogP contribution < -0.4 is 11.1 Å². The van der Waals surface area contributed by atoms with Crippen LogP contribution in [-0.4, -0.2) is 10.9 Å². The van der Waals surface area contributed by atoms with E-state index in [2.05, 4.69) is 5.10 Å². The Morgan fingerprint density at radius 2 is 1.72 bits per heavy atom. The molecule has 0 amide bonds. The number of hydrogen-bond donors (Lipinski definition) is 3. The highest BCUT2D eigenvalue weighted by Gasteiger charge is 2.09. The van der Waals surface area contributed by atoms with Crippen molar-refractivity contribution in [3.63, 3.8) is 0 Å². The number of nitrogens with zero attached hydrogens (tertiary/aromatic N) is 1. The molecule has 2 rings (SSSR count). The summed E-state index contributed by atoms with van der Waals surface area (Å²) in [5.41, 5.74) is 2.31. The van der Waals surface area contributed by atoms with Crippen LogP contribution in [-0.2, 0) is 0 Å². The van der Waals surface area contributed by atoms with E-state index < -0.39 is 5.23 Å². The number of hydrazone groups is 1. The van der Waals surface area contributed by atoms with Crippen LogP contribution >= 0.6 is 0 Å². The average molecular weight is 243 g/mol. The molecule has 5 heteroatoms. The molecule has 0 aliphatic rings. The molecule has 92 valence electrons. The standard InChI is InChI=1S/C13H13N3O2/c14-15-13(10-5-2-1-3-6-10)11-7-4-8-12(9-11)16(17)18/h1-9,16-17H,14H2/b15-13+. The minimum atomic E-state index is -0.971. The summed E-state index contributed by atoms with van der Waals surface area (Å²) in [6.45, 7) is 0. The Hall–Kier alpha value is -2.21. The van der Waals surface area contributed by atoms with Gasteiger partial charge >= 0.3 is 0 Å². The van der Waals surface area contributed by atoms with Gasteiger partial charge in [0, 0.05) is 23.3 Å². The van der Waals surface area contributed by atoms with Crippen molar-refractivity contribution < 1.29 is 10.4 Å². The first-order valence-corrected chi connectivity index (χ1v) is 5.39. The summed E-state index contributed by atoms with van der Waals surface area (Å²) in [5, 5.41) is 22.7. The van der Waals surface area contributed by atoms with Crippen molar-refractivity contribution in [2.45, 2.75) is 0 Å². The lowest BCUT2D eigenvalue weighted by atomic mass is 10.0. The number of benzene rings is 2. The summed E-state index contributed by atoms with van der Waals surface area (Å²) in [4.78, 5) is 0. The monoisotopic (exact) mass is 243 g/mol. The van der Waals surface area contributed by atoms with E-state index in [1.165, 1.54) is 6.07 Å². The smallest absolute Gasteiger partial charge is 0.164 e. The molecule has 1 unspecified atom stereocenters. The fraction of sp³-hybridized carbons (Fsp3) is 0. The molecule has 0 fully saturated rings. The van der Waals surface area contributed by atoms with Gasteiger partial charge in [-0.2, -0.15) is 10.3 Å². The third-order valence-corrected chi connectivity index (χ3v) is 2.56. The van der Waals surface area contributed by atoms with E-state index in [9.17, 15) is 5.21 Å². The third kappa shape index (κ3) is 2.54. The first kappa shape index (κ1) is 12.3. The third-order valence-electron chi connectivity index (χ3n) is 2.56. The van der Waals surface area contributed by atoms with Crippen molar-refractivity contribution >= 4 is 11.4 Å². The van der Waals surface area contributed by atoms with Crippen LogP contribution in [0.5, 0.6) is 0 Å². The maximum atomic E-state index is 10.9. The van der Waals surface area contributed by atoms with Gasteiger partial charge in [-0.3, -0.25) is 0 Å². The minimum absolute atomic E-state index is 0.213. The molecule has 0 heterocycles. The van der Waals surface area contributed by atoms with E-state index in [1.54, 1.807) is 18.2 Å². The highest BCUT2D eigenvalue weighted by atomic mass is 16.8. The van der Waals surface area contributed by atoms with Crippen molar-refractivity contribution in [3.05, 3.63) is 70.9 Å². The van der Waals surface area contributed by atoms with Gasteiger partial charge < -0.3 is 11.0 Å². The van der Waals surface area contributed by atoms with Gasteiger partial charge in [0.1, 0.15) is 0 Å². The molecule has 0 spiro atoms. The van der Waals surface area contributed by atoms with Crippen LogP contribution in [0.15, 0.2) is 59.7 Å². The zero-order chi connectivity index (χ0) is 13.0. The predicted octanol–water partition coefficient (Wildman–Crippen LogP) is 0.801. The van der Waals surface area contributed by atoms with E-state index in [4.69, 9.17) is 11.0 Å². The Morgan fingerprint density at radius 1 is 1.06 bits per heavy atom. The topological polar surface area (TPSA) is 86.1 Å². The highest BCUT2D eigenvalue weighted by molar-refractivity contribution is 6.12. The summed E-state index contributed by atoms with van der Waals surface area (Å²) >= 11 is 0. The molecule has 0 aromatic heterocycles. The number of rotatable bonds is 3. The second kappa shape index (κ2) is 5.42. The summed E-state index contributed by atoms with van der Waals surface area (Å²) in [6.07, 6.45) is 0. The second-order valence-electron chi connectivity index (χ2n) is 3.73. The Kier molecular flexibility index (Phi) is 3.69. The van der Waals surface area contributed by atoms with E-state index in [0.29, 0.717) is 11.3 Å². The van der Waals surface area contributed by atoms with Gasteiger partial charge in [-0.1, -0.05) is 42.5 Å². The molecule has 0 aliphatic heterocycles. The second-order valence-corrected chi connectivity index (χ2v) is 3.73. The van der Waals surface area contributed by atoms with E-state index in [-0.39, 0.29) is 5.69 Å². The molecule has 0 radical (unpaired) electrons. The largest absolute Gasteiger partial charge is 0.595 e. The van der Waals surface area contributed by atoms with Crippen LogP contribution in [0, 0.1) is 5.21 Å². The van der Waals surface area contributed by atoms with Crippen LogP contribution in [0.4, 0.5) is 5.69 Å². The van der Waals surface area contributed by atoms with Gasteiger partial charge in [-0.25, -0.2) is 5.21 Å². The first-order chi connectivity index (χ1) is 8.72. The maximum Gasteiger partial charge on any atom is 0.164 e. The molecule has 0 bridgehead atoms. The van der Waals surface area contributed by atoms with E-state index >= 15 is 0 Å². The molecule has 2 aromatic rings. The van der Waals surface area contributed by atoms with Crippen molar-refractivity contribution in [2.75, 3.05) is 0 Å². The number of hydrogen-bond acceptors (Lipinski definition) is 4. The van der Waals surface area contributed by atoms with Crippen LogP contribution in [0.2, 0.25) is 0 Å². The van der Waals surface area contributed by atoms with E-state index in [0.717, 1.165) is 5.56 Å². The predicted molar refractivity (Wildman–Crippen MR) is 68.5 cm³/mol. The Balaban J connectivity index is 2.44. The molecule has 18 heavy (non-hydrogen) atoms. The Morgan fingerprint density at radius 3 is 2.33 bits per heavy atom. The molecular formula is C13H13N3O2. The lowest BCUT2D eigenvalue weighted by molar-refractivity contribution is -0.991. The number of nitrogens with two attached hydrogens (primary N) is 1. The first-order valence-electron chi connectivity index (χ1n) is 5.39. The van der Waals surface area contributed by atoms with Gasteiger partial charge in [0.2, 0.25) is 0 Å². The summed E-state index contributed by atoms with van der Waals surface area (Å²) in [6, 6.07) is 15.9. The SMILES string of the molecule is N/N=C(\c1ccccc1)c1cccc([NH+]([O-])O)c1. The lowest BCUT2D eigenvalue weighted by Gasteiger charge is -2.13. The van der Waals surface area contributed by atoms with Crippen LogP contribution in [0.3, 0.4) is 0 Å². The Labute approximate surface area is 104 Å². The molecule has 0 aliphatic carbocycles. The summed E-state index contributed by atoms with van der Waals surface area (Å²) in [7, 11) is 0. The zero-order valence-corrected chi connectivity index (χ0v) is 9.58. The van der Waals surface area contributed by atoms with Gasteiger partial charge in [-0.05, 0) is 0 Å². The molecule has 2 aromatic carbocycles. The Bertz CT molecular complexity index is 553. The van der Waals surface area contributed by atoms with Crippen molar-refractivity contribution in [1.82, 2.24) is 0 Å². The van der Waals surface area contributed by atoms with E-state index in [1.807, 2.05) is 30.3 Å². The molecule has 0 saturated heterocycles. The van der Waals surface area contributed by atoms with Crippen molar-refractivity contribution in [1.29, 1.82) is 0 Å². The molecular weight excluding hydrogens is 230 g/mol. The zero-order valence-electron chi connectivity index (χ0n) is 9.58.